The Kier molecular flexibility index (Phi) is 4.87. The average molecular weight is 318 g/mol. The number of carbonyl (C=O) groups excluding carboxylic acids is 1. The summed E-state index contributed by atoms with van der Waals surface area (Å²) in [4.78, 5) is 15.4. The molecule has 3 rings (SSSR count). The zero-order valence-corrected chi connectivity index (χ0v) is 13.3. The minimum absolute atomic E-state index is 0.128. The van der Waals surface area contributed by atoms with Gasteiger partial charge in [-0.25, -0.2) is 4.98 Å². The third-order valence-electron chi connectivity index (χ3n) is 3.50. The molecule has 0 fully saturated rings. The highest BCUT2D eigenvalue weighted by molar-refractivity contribution is 5.88. The van der Waals surface area contributed by atoms with Crippen LogP contribution in [0.5, 0.6) is 5.88 Å². The van der Waals surface area contributed by atoms with Crippen LogP contribution in [0.2, 0.25) is 0 Å². The summed E-state index contributed by atoms with van der Waals surface area (Å²) < 4.78 is 6.12. The van der Waals surface area contributed by atoms with Crippen LogP contribution in [0.15, 0.2) is 79.0 Å². The summed E-state index contributed by atoms with van der Waals surface area (Å²) in [5, 5.41) is 2.69. The van der Waals surface area contributed by atoms with E-state index in [4.69, 9.17) is 4.74 Å². The maximum atomic E-state index is 11.1. The second kappa shape index (κ2) is 7.42. The van der Waals surface area contributed by atoms with Gasteiger partial charge in [-0.2, -0.15) is 0 Å². The van der Waals surface area contributed by atoms with E-state index in [0.717, 1.165) is 11.1 Å². The zero-order chi connectivity index (χ0) is 16.8. The number of rotatable bonds is 5. The second-order valence-electron chi connectivity index (χ2n) is 5.39. The van der Waals surface area contributed by atoms with E-state index in [1.165, 1.54) is 6.92 Å². The van der Waals surface area contributed by atoms with Gasteiger partial charge in [0.15, 0.2) is 6.10 Å². The van der Waals surface area contributed by atoms with Gasteiger partial charge in [0.05, 0.1) is 11.9 Å². The van der Waals surface area contributed by atoms with Crippen LogP contribution in [0.3, 0.4) is 0 Å². The lowest BCUT2D eigenvalue weighted by molar-refractivity contribution is -0.114. The van der Waals surface area contributed by atoms with Gasteiger partial charge in [-0.3, -0.25) is 4.79 Å². The van der Waals surface area contributed by atoms with Gasteiger partial charge in [-0.15, -0.1) is 0 Å². The third kappa shape index (κ3) is 3.98. The van der Waals surface area contributed by atoms with E-state index in [9.17, 15) is 4.79 Å². The topological polar surface area (TPSA) is 51.2 Å². The molecule has 0 radical (unpaired) electrons. The molecule has 120 valence electrons. The normalized spacial score (nSPS) is 10.4. The second-order valence-corrected chi connectivity index (χ2v) is 5.39. The number of benzene rings is 2. The number of pyridine rings is 1. The smallest absolute Gasteiger partial charge is 0.221 e. The Morgan fingerprint density at radius 1 is 0.917 bits per heavy atom. The van der Waals surface area contributed by atoms with Crippen LogP contribution in [-0.2, 0) is 4.79 Å². The minimum atomic E-state index is -0.244. The van der Waals surface area contributed by atoms with Crippen molar-refractivity contribution in [2.45, 2.75) is 13.0 Å². The van der Waals surface area contributed by atoms with Crippen LogP contribution in [0, 0.1) is 0 Å². The Morgan fingerprint density at radius 2 is 1.50 bits per heavy atom. The molecule has 0 atom stereocenters. The maximum absolute atomic E-state index is 11.1. The van der Waals surface area contributed by atoms with Crippen molar-refractivity contribution in [1.29, 1.82) is 0 Å². The SMILES string of the molecule is CC(=O)Nc1ccc(OC(c2ccccc2)c2ccccc2)nc1. The first-order chi connectivity index (χ1) is 11.7. The average Bonchev–Trinajstić information content (AvgIpc) is 2.62. The molecule has 1 amide bonds. The number of carbonyl (C=O) groups is 1. The molecule has 0 aliphatic heterocycles. The lowest BCUT2D eigenvalue weighted by Crippen LogP contribution is -2.10. The van der Waals surface area contributed by atoms with Crippen molar-refractivity contribution in [3.05, 3.63) is 90.1 Å². The number of hydrogen-bond donors (Lipinski definition) is 1. The number of ether oxygens (including phenoxy) is 1. The van der Waals surface area contributed by atoms with E-state index in [1.807, 2.05) is 60.7 Å². The van der Waals surface area contributed by atoms with Crippen LogP contribution in [0.25, 0.3) is 0 Å². The number of nitrogens with zero attached hydrogens (tertiary/aromatic N) is 1. The molecule has 0 unspecified atom stereocenters. The Balaban J connectivity index is 1.86. The molecule has 1 aromatic heterocycles. The molecule has 24 heavy (non-hydrogen) atoms. The Labute approximate surface area is 141 Å². The van der Waals surface area contributed by atoms with E-state index >= 15 is 0 Å². The predicted molar refractivity (Wildman–Crippen MR) is 93.9 cm³/mol. The highest BCUT2D eigenvalue weighted by Crippen LogP contribution is 2.27. The van der Waals surface area contributed by atoms with Crippen LogP contribution in [0.1, 0.15) is 24.2 Å². The summed E-state index contributed by atoms with van der Waals surface area (Å²) in [7, 11) is 0. The van der Waals surface area contributed by atoms with Crippen molar-refractivity contribution in [3.63, 3.8) is 0 Å². The first-order valence-electron chi connectivity index (χ1n) is 7.72. The van der Waals surface area contributed by atoms with Crippen LogP contribution >= 0.6 is 0 Å². The van der Waals surface area contributed by atoms with Gasteiger partial charge in [0.1, 0.15) is 0 Å². The molecule has 2 aromatic carbocycles. The van der Waals surface area contributed by atoms with Gasteiger partial charge in [-0.1, -0.05) is 60.7 Å². The van der Waals surface area contributed by atoms with Crippen molar-refractivity contribution in [2.24, 2.45) is 0 Å². The van der Waals surface area contributed by atoms with E-state index < -0.39 is 0 Å². The molecule has 4 heteroatoms. The number of hydrogen-bond acceptors (Lipinski definition) is 3. The molecule has 0 aliphatic rings. The summed E-state index contributed by atoms with van der Waals surface area (Å²) in [5.74, 6) is 0.374. The first-order valence-corrected chi connectivity index (χ1v) is 7.72. The molecule has 3 aromatic rings. The van der Waals surface area contributed by atoms with Crippen molar-refractivity contribution < 1.29 is 9.53 Å². The molecular weight excluding hydrogens is 300 g/mol. The highest BCUT2D eigenvalue weighted by atomic mass is 16.5. The van der Waals surface area contributed by atoms with Crippen molar-refractivity contribution in [2.75, 3.05) is 5.32 Å². The van der Waals surface area contributed by atoms with Gasteiger partial charge in [0.2, 0.25) is 11.8 Å². The third-order valence-corrected chi connectivity index (χ3v) is 3.50. The fraction of sp³-hybridized carbons (Fsp3) is 0.100. The summed E-state index contributed by atoms with van der Waals surface area (Å²) in [5.41, 5.74) is 2.75. The highest BCUT2D eigenvalue weighted by Gasteiger charge is 2.16. The molecule has 4 nitrogen and oxygen atoms in total. The van der Waals surface area contributed by atoms with Crippen LogP contribution in [-0.4, -0.2) is 10.9 Å². The molecule has 1 heterocycles. The number of anilines is 1. The monoisotopic (exact) mass is 318 g/mol. The Hall–Kier alpha value is -3.14. The van der Waals surface area contributed by atoms with Gasteiger partial charge >= 0.3 is 0 Å². The van der Waals surface area contributed by atoms with Gasteiger partial charge < -0.3 is 10.1 Å². The number of aromatic nitrogens is 1. The molecule has 0 aliphatic carbocycles. The minimum Gasteiger partial charge on any atom is -0.465 e. The molecule has 0 saturated heterocycles. The zero-order valence-electron chi connectivity index (χ0n) is 13.3. The quantitative estimate of drug-likeness (QED) is 0.766. The van der Waals surface area contributed by atoms with Gasteiger partial charge in [-0.05, 0) is 17.2 Å². The maximum Gasteiger partial charge on any atom is 0.221 e. The lowest BCUT2D eigenvalue weighted by Gasteiger charge is -2.19. The van der Waals surface area contributed by atoms with E-state index in [0.29, 0.717) is 11.6 Å². The van der Waals surface area contributed by atoms with Crippen LogP contribution in [0.4, 0.5) is 5.69 Å². The molecular formula is C20H18N2O2. The molecule has 0 saturated carbocycles. The van der Waals surface area contributed by atoms with Crippen LogP contribution < -0.4 is 10.1 Å². The largest absolute Gasteiger partial charge is 0.465 e. The first kappa shape index (κ1) is 15.7. The fourth-order valence-electron chi connectivity index (χ4n) is 2.43. The Bertz CT molecular complexity index is 747. The summed E-state index contributed by atoms with van der Waals surface area (Å²) in [6.45, 7) is 1.46. The predicted octanol–water partition coefficient (Wildman–Crippen LogP) is 4.21. The molecule has 0 bridgehead atoms. The summed E-state index contributed by atoms with van der Waals surface area (Å²) in [6.07, 6.45) is 1.34. The standard InChI is InChI=1S/C20H18N2O2/c1-15(23)22-18-12-13-19(21-14-18)24-20(16-8-4-2-5-9-16)17-10-6-3-7-11-17/h2-14,20H,1H3,(H,22,23). The van der Waals surface area contributed by atoms with Crippen molar-refractivity contribution in [1.82, 2.24) is 4.98 Å². The van der Waals surface area contributed by atoms with Gasteiger partial charge in [0, 0.05) is 13.0 Å². The fourth-order valence-corrected chi connectivity index (χ4v) is 2.43. The van der Waals surface area contributed by atoms with E-state index in [-0.39, 0.29) is 12.0 Å². The van der Waals surface area contributed by atoms with E-state index in [1.54, 1.807) is 18.3 Å². The molecule has 1 N–H and O–H groups in total. The van der Waals surface area contributed by atoms with E-state index in [2.05, 4.69) is 10.3 Å². The van der Waals surface area contributed by atoms with Gasteiger partial charge in [0.25, 0.3) is 0 Å². The number of nitrogens with one attached hydrogen (secondary N) is 1. The Morgan fingerprint density at radius 3 is 1.96 bits per heavy atom. The van der Waals surface area contributed by atoms with Crippen molar-refractivity contribution >= 4 is 11.6 Å². The van der Waals surface area contributed by atoms with Crippen molar-refractivity contribution in [3.8, 4) is 5.88 Å². The summed E-state index contributed by atoms with van der Waals surface area (Å²) in [6, 6.07) is 23.6. The lowest BCUT2D eigenvalue weighted by atomic mass is 10.0. The number of amides is 1. The summed E-state index contributed by atoms with van der Waals surface area (Å²) >= 11 is 0. The molecule has 0 spiro atoms.